The molecule has 9 nitrogen and oxygen atoms in total. The van der Waals surface area contributed by atoms with E-state index in [-0.39, 0.29) is 41.9 Å². The zero-order valence-electron chi connectivity index (χ0n) is 23.5. The summed E-state index contributed by atoms with van der Waals surface area (Å²) in [6.07, 6.45) is 6.29. The molecule has 0 bridgehead atoms. The molecule has 0 spiro atoms. The molecule has 0 aromatic heterocycles. The second kappa shape index (κ2) is 10.4. The standard InChI is InChI=1S/C31H41N3O6/c1-29-15-19(17-32)24(34-21-6-4-5-18(13-21)27(36)33-11-12-40-3)14-20(29)7-8-22-23-9-10-31(39,28(37)38)30(23,2)16-25(35)26(22)29/h4-6,13-14,17,22-23,25-26,35,39H,7-12,15-16,32H2,1-3H3,(H,33,36)(H,37,38)/t22-,23?,25?,26?,29-,30-,31-/m0/s1. The summed E-state index contributed by atoms with van der Waals surface area (Å²) in [5, 5.41) is 35.5. The van der Waals surface area contributed by atoms with Crippen molar-refractivity contribution in [3.05, 3.63) is 53.3 Å². The van der Waals surface area contributed by atoms with E-state index >= 15 is 0 Å². The lowest BCUT2D eigenvalue weighted by molar-refractivity contribution is -0.193. The molecule has 216 valence electrons. The molecule has 3 fully saturated rings. The highest BCUT2D eigenvalue weighted by Crippen LogP contribution is 2.67. The van der Waals surface area contributed by atoms with Crippen LogP contribution in [0.2, 0.25) is 0 Å². The van der Waals surface area contributed by atoms with Crippen molar-refractivity contribution < 1.29 is 29.6 Å². The van der Waals surface area contributed by atoms with E-state index < -0.39 is 23.1 Å². The van der Waals surface area contributed by atoms with Gasteiger partial charge < -0.3 is 31.1 Å². The lowest BCUT2D eigenvalue weighted by atomic mass is 9.45. The molecule has 4 aliphatic carbocycles. The average molecular weight is 552 g/mol. The first-order valence-corrected chi connectivity index (χ1v) is 14.2. The van der Waals surface area contributed by atoms with Crippen molar-refractivity contribution in [2.45, 2.75) is 64.1 Å². The molecule has 3 unspecified atom stereocenters. The summed E-state index contributed by atoms with van der Waals surface area (Å²) in [5.41, 5.74) is 7.09. The number of ether oxygens (including phenoxy) is 1. The number of benzene rings is 1. The number of nitrogens with zero attached hydrogens (tertiary/aromatic N) is 1. The minimum absolute atomic E-state index is 0.0264. The van der Waals surface area contributed by atoms with Crippen molar-refractivity contribution in [3.63, 3.8) is 0 Å². The van der Waals surface area contributed by atoms with Crippen LogP contribution in [0, 0.1) is 28.6 Å². The van der Waals surface area contributed by atoms with E-state index in [1.807, 2.05) is 13.0 Å². The molecule has 6 N–H and O–H groups in total. The molecule has 1 aromatic rings. The average Bonchev–Trinajstić information content (AvgIpc) is 3.19. The molecule has 1 aromatic carbocycles. The highest BCUT2D eigenvalue weighted by molar-refractivity contribution is 6.11. The van der Waals surface area contributed by atoms with Gasteiger partial charge in [0.15, 0.2) is 5.60 Å². The van der Waals surface area contributed by atoms with Crippen LogP contribution in [0.4, 0.5) is 5.69 Å². The summed E-state index contributed by atoms with van der Waals surface area (Å²) in [4.78, 5) is 29.5. The Morgan fingerprint density at radius 3 is 2.75 bits per heavy atom. The van der Waals surface area contributed by atoms with Crippen LogP contribution in [0.1, 0.15) is 62.7 Å². The fourth-order valence-electron chi connectivity index (χ4n) is 8.52. The molecule has 40 heavy (non-hydrogen) atoms. The third kappa shape index (κ3) is 4.39. The summed E-state index contributed by atoms with van der Waals surface area (Å²) in [6.45, 7) is 4.89. The van der Waals surface area contributed by atoms with Crippen LogP contribution >= 0.6 is 0 Å². The molecular formula is C31H41N3O6. The Balaban J connectivity index is 1.45. The number of aliphatic imine (C=N–C) groups is 1. The summed E-state index contributed by atoms with van der Waals surface area (Å²) in [7, 11) is 1.58. The first kappa shape index (κ1) is 28.5. The Labute approximate surface area is 235 Å². The molecule has 0 radical (unpaired) electrons. The number of aliphatic hydroxyl groups is 2. The van der Waals surface area contributed by atoms with Gasteiger partial charge in [0.05, 0.1) is 24.1 Å². The zero-order chi connectivity index (χ0) is 28.9. The third-order valence-corrected chi connectivity index (χ3v) is 10.5. The van der Waals surface area contributed by atoms with Crippen LogP contribution < -0.4 is 11.1 Å². The predicted molar refractivity (Wildman–Crippen MR) is 151 cm³/mol. The number of rotatable bonds is 6. The van der Waals surface area contributed by atoms with Gasteiger partial charge in [-0.1, -0.05) is 25.5 Å². The fourth-order valence-corrected chi connectivity index (χ4v) is 8.52. The van der Waals surface area contributed by atoms with Crippen LogP contribution in [-0.2, 0) is 9.53 Å². The van der Waals surface area contributed by atoms with Gasteiger partial charge in [-0.05, 0) is 97.7 Å². The minimum Gasteiger partial charge on any atom is -0.479 e. The van der Waals surface area contributed by atoms with E-state index in [1.165, 1.54) is 5.57 Å². The van der Waals surface area contributed by atoms with Gasteiger partial charge in [-0.2, -0.15) is 0 Å². The Hall–Kier alpha value is -3.01. The monoisotopic (exact) mass is 551 g/mol. The number of amides is 1. The maximum atomic E-state index is 12.5. The van der Waals surface area contributed by atoms with E-state index in [2.05, 4.69) is 18.3 Å². The van der Waals surface area contributed by atoms with Gasteiger partial charge in [0.2, 0.25) is 0 Å². The molecule has 0 saturated heterocycles. The number of aliphatic carboxylic acids is 1. The SMILES string of the molecule is COCCNC(=O)c1cccc(N=C2C=C3CC[C@@H]4C(C(O)C[C@@]5(C)C4CC[C@]5(O)C(=O)O)[C@@]3(C)CC2=CN)c1. The molecule has 1 amide bonds. The first-order chi connectivity index (χ1) is 19.0. The zero-order valence-corrected chi connectivity index (χ0v) is 23.5. The van der Waals surface area contributed by atoms with Crippen molar-refractivity contribution in [3.8, 4) is 0 Å². The fraction of sp³-hybridized carbons (Fsp3) is 0.581. The molecule has 3 saturated carbocycles. The molecule has 0 heterocycles. The number of carboxylic acids is 1. The molecule has 5 rings (SSSR count). The van der Waals surface area contributed by atoms with Crippen LogP contribution in [0.25, 0.3) is 0 Å². The highest BCUT2D eigenvalue weighted by atomic mass is 16.5. The quantitative estimate of drug-likeness (QED) is 0.340. The lowest BCUT2D eigenvalue weighted by Crippen LogP contribution is -2.61. The third-order valence-electron chi connectivity index (χ3n) is 10.5. The van der Waals surface area contributed by atoms with Crippen LogP contribution in [0.3, 0.4) is 0 Å². The van der Waals surface area contributed by atoms with Crippen molar-refractivity contribution in [2.24, 2.45) is 39.3 Å². The van der Waals surface area contributed by atoms with Crippen LogP contribution in [0.5, 0.6) is 0 Å². The second-order valence-electron chi connectivity index (χ2n) is 12.5. The number of aliphatic hydroxyl groups excluding tert-OH is 1. The van der Waals surface area contributed by atoms with Crippen LogP contribution in [-0.4, -0.2) is 64.9 Å². The number of nitrogens with two attached hydrogens (primary N) is 1. The van der Waals surface area contributed by atoms with Gasteiger partial charge in [-0.3, -0.25) is 4.79 Å². The van der Waals surface area contributed by atoms with Crippen molar-refractivity contribution in [1.29, 1.82) is 0 Å². The summed E-state index contributed by atoms with van der Waals surface area (Å²) >= 11 is 0. The highest BCUT2D eigenvalue weighted by Gasteiger charge is 2.68. The molecule has 0 aliphatic heterocycles. The van der Waals surface area contributed by atoms with Gasteiger partial charge in [-0.15, -0.1) is 0 Å². The summed E-state index contributed by atoms with van der Waals surface area (Å²) < 4.78 is 5.00. The molecule has 9 heteroatoms. The van der Waals surface area contributed by atoms with Crippen molar-refractivity contribution in [1.82, 2.24) is 5.32 Å². The number of methoxy groups -OCH3 is 1. The van der Waals surface area contributed by atoms with Gasteiger partial charge in [0.25, 0.3) is 5.91 Å². The maximum Gasteiger partial charge on any atom is 0.336 e. The van der Waals surface area contributed by atoms with Gasteiger partial charge >= 0.3 is 5.97 Å². The predicted octanol–water partition coefficient (Wildman–Crippen LogP) is 3.34. The normalized spacial score (nSPS) is 38.8. The molecular weight excluding hydrogens is 510 g/mol. The molecule has 4 aliphatic rings. The van der Waals surface area contributed by atoms with E-state index in [0.717, 1.165) is 24.1 Å². The number of carbonyl (C=O) groups excluding carboxylic acids is 1. The number of carboxylic acid groups (broad SMARTS) is 1. The van der Waals surface area contributed by atoms with Gasteiger partial charge in [-0.25, -0.2) is 9.79 Å². The van der Waals surface area contributed by atoms with Crippen molar-refractivity contribution >= 4 is 23.3 Å². The number of allylic oxidation sites excluding steroid dienone is 3. The molecule has 7 atom stereocenters. The van der Waals surface area contributed by atoms with Crippen molar-refractivity contribution in [2.75, 3.05) is 20.3 Å². The number of fused-ring (bicyclic) bond motifs is 5. The second-order valence-corrected chi connectivity index (χ2v) is 12.5. The van der Waals surface area contributed by atoms with Gasteiger partial charge in [0.1, 0.15) is 0 Å². The number of hydrogen-bond acceptors (Lipinski definition) is 7. The minimum atomic E-state index is -1.81. The Bertz CT molecular complexity index is 1290. The van der Waals surface area contributed by atoms with Crippen LogP contribution in [0.15, 0.2) is 52.7 Å². The summed E-state index contributed by atoms with van der Waals surface area (Å²) in [6, 6.07) is 7.15. The smallest absolute Gasteiger partial charge is 0.336 e. The van der Waals surface area contributed by atoms with Gasteiger partial charge in [0, 0.05) is 24.6 Å². The van der Waals surface area contributed by atoms with E-state index in [4.69, 9.17) is 15.5 Å². The lowest BCUT2D eigenvalue weighted by Gasteiger charge is -2.60. The number of carbonyl (C=O) groups is 2. The number of hydrogen-bond donors (Lipinski definition) is 5. The first-order valence-electron chi connectivity index (χ1n) is 14.2. The Morgan fingerprint density at radius 1 is 1.27 bits per heavy atom. The van der Waals surface area contributed by atoms with E-state index in [1.54, 1.807) is 31.5 Å². The summed E-state index contributed by atoms with van der Waals surface area (Å²) in [5.74, 6) is -1.32. The van der Waals surface area contributed by atoms with E-state index in [0.29, 0.717) is 37.2 Å². The Kier molecular flexibility index (Phi) is 7.44. The van der Waals surface area contributed by atoms with E-state index in [9.17, 15) is 24.9 Å². The maximum absolute atomic E-state index is 12.5. The number of nitrogens with one attached hydrogen (secondary N) is 1. The largest absolute Gasteiger partial charge is 0.479 e. The topological polar surface area (TPSA) is 154 Å². The Morgan fingerprint density at radius 2 is 2.05 bits per heavy atom.